The molecule has 1 aliphatic rings. The average Bonchev–Trinajstić information content (AvgIpc) is 2.70. The van der Waals surface area contributed by atoms with Crippen LogP contribution in [0.5, 0.6) is 0 Å². The summed E-state index contributed by atoms with van der Waals surface area (Å²) in [6, 6.07) is 0. The Balaban J connectivity index is 2.33. The Morgan fingerprint density at radius 3 is 2.36 bits per heavy atom. The Hall–Kier alpha value is -0.480. The lowest BCUT2D eigenvalue weighted by molar-refractivity contribution is 0.141. The average molecular weight is 215 g/mol. The molecule has 3 nitrogen and oxygen atoms in total. The lowest BCUT2D eigenvalue weighted by Crippen LogP contribution is -2.09. The van der Waals surface area contributed by atoms with Crippen molar-refractivity contribution in [3.8, 4) is 0 Å². The largest absolute Gasteiger partial charge is 0.382 e. The molecule has 1 aliphatic carbocycles. The van der Waals surface area contributed by atoms with Crippen molar-refractivity contribution in [1.82, 2.24) is 9.97 Å². The van der Waals surface area contributed by atoms with Gasteiger partial charge in [0.1, 0.15) is 5.60 Å². The molecule has 0 amide bonds. The molecule has 2 rings (SSSR count). The van der Waals surface area contributed by atoms with E-state index in [1.807, 2.05) is 0 Å². The number of hydrogen-bond acceptors (Lipinski definition) is 3. The van der Waals surface area contributed by atoms with Crippen LogP contribution in [0.15, 0.2) is 16.9 Å². The fourth-order valence-corrected chi connectivity index (χ4v) is 1.10. The molecule has 0 saturated heterocycles. The van der Waals surface area contributed by atoms with Crippen LogP contribution in [0.25, 0.3) is 0 Å². The molecule has 1 fully saturated rings. The summed E-state index contributed by atoms with van der Waals surface area (Å²) in [6.45, 7) is 0. The van der Waals surface area contributed by atoms with Gasteiger partial charge in [-0.3, -0.25) is 0 Å². The molecule has 0 bridgehead atoms. The molecule has 1 saturated carbocycles. The van der Waals surface area contributed by atoms with Gasteiger partial charge in [0.15, 0.2) is 5.82 Å². The van der Waals surface area contributed by atoms with Gasteiger partial charge in [-0.25, -0.2) is 9.97 Å². The van der Waals surface area contributed by atoms with Gasteiger partial charge in [0.25, 0.3) is 0 Å². The van der Waals surface area contributed by atoms with Crippen molar-refractivity contribution < 1.29 is 5.11 Å². The Labute approximate surface area is 72.6 Å². The van der Waals surface area contributed by atoms with Crippen molar-refractivity contribution >= 4 is 15.9 Å². The number of hydrogen-bond donors (Lipinski definition) is 1. The van der Waals surface area contributed by atoms with E-state index in [9.17, 15) is 5.11 Å². The SMILES string of the molecule is OC1(c2ncc(Br)cn2)CC1. The quantitative estimate of drug-likeness (QED) is 0.765. The van der Waals surface area contributed by atoms with Gasteiger partial charge in [-0.1, -0.05) is 0 Å². The van der Waals surface area contributed by atoms with Crippen molar-refractivity contribution in [3.05, 3.63) is 22.7 Å². The zero-order valence-corrected chi connectivity index (χ0v) is 7.37. The molecule has 1 heterocycles. The van der Waals surface area contributed by atoms with E-state index in [4.69, 9.17) is 0 Å². The summed E-state index contributed by atoms with van der Waals surface area (Å²) < 4.78 is 0.838. The molecule has 0 unspecified atom stereocenters. The summed E-state index contributed by atoms with van der Waals surface area (Å²) in [5.41, 5.74) is -0.708. The first kappa shape index (κ1) is 7.18. The molecular formula is C7H7BrN2O. The first-order valence-corrected chi connectivity index (χ1v) is 4.20. The standard InChI is InChI=1S/C7H7BrN2O/c8-5-3-9-6(10-4-5)7(11)1-2-7/h3-4,11H,1-2H2. The van der Waals surface area contributed by atoms with E-state index in [0.29, 0.717) is 5.82 Å². The highest BCUT2D eigenvalue weighted by Crippen LogP contribution is 2.43. The van der Waals surface area contributed by atoms with Crippen molar-refractivity contribution in [2.75, 3.05) is 0 Å². The van der Waals surface area contributed by atoms with Crippen LogP contribution in [0.1, 0.15) is 18.7 Å². The van der Waals surface area contributed by atoms with Crippen molar-refractivity contribution in [1.29, 1.82) is 0 Å². The summed E-state index contributed by atoms with van der Waals surface area (Å²) in [4.78, 5) is 8.01. The van der Waals surface area contributed by atoms with E-state index in [1.165, 1.54) is 0 Å². The van der Waals surface area contributed by atoms with Crippen LogP contribution in [-0.4, -0.2) is 15.1 Å². The minimum Gasteiger partial charge on any atom is -0.382 e. The lowest BCUT2D eigenvalue weighted by Gasteiger charge is -2.03. The Bertz CT molecular complexity index is 268. The first-order valence-electron chi connectivity index (χ1n) is 3.41. The van der Waals surface area contributed by atoms with Crippen molar-refractivity contribution in [2.24, 2.45) is 0 Å². The third kappa shape index (κ3) is 1.28. The lowest BCUT2D eigenvalue weighted by atomic mass is 10.3. The molecule has 0 spiro atoms. The summed E-state index contributed by atoms with van der Waals surface area (Å²) in [7, 11) is 0. The molecule has 4 heteroatoms. The van der Waals surface area contributed by atoms with E-state index in [2.05, 4.69) is 25.9 Å². The normalized spacial score (nSPS) is 19.8. The fraction of sp³-hybridized carbons (Fsp3) is 0.429. The van der Waals surface area contributed by atoms with Gasteiger partial charge in [-0.05, 0) is 28.8 Å². The molecule has 1 aromatic heterocycles. The van der Waals surface area contributed by atoms with E-state index in [-0.39, 0.29) is 0 Å². The van der Waals surface area contributed by atoms with Gasteiger partial charge in [-0.15, -0.1) is 0 Å². The number of halogens is 1. The third-order valence-electron chi connectivity index (χ3n) is 1.76. The van der Waals surface area contributed by atoms with E-state index < -0.39 is 5.60 Å². The highest BCUT2D eigenvalue weighted by atomic mass is 79.9. The number of aromatic nitrogens is 2. The zero-order valence-electron chi connectivity index (χ0n) is 5.79. The molecule has 0 radical (unpaired) electrons. The highest BCUT2D eigenvalue weighted by molar-refractivity contribution is 9.10. The molecule has 58 valence electrons. The summed E-state index contributed by atoms with van der Waals surface area (Å²) in [5, 5.41) is 9.55. The van der Waals surface area contributed by atoms with Crippen LogP contribution in [0.3, 0.4) is 0 Å². The van der Waals surface area contributed by atoms with Gasteiger partial charge in [-0.2, -0.15) is 0 Å². The fourth-order valence-electron chi connectivity index (χ4n) is 0.895. The first-order chi connectivity index (χ1) is 5.21. The van der Waals surface area contributed by atoms with E-state index in [1.54, 1.807) is 12.4 Å². The molecule has 0 aromatic carbocycles. The Morgan fingerprint density at radius 2 is 1.91 bits per heavy atom. The maximum atomic E-state index is 9.55. The minimum atomic E-state index is -0.708. The van der Waals surface area contributed by atoms with Gasteiger partial charge in [0, 0.05) is 12.4 Å². The van der Waals surface area contributed by atoms with E-state index in [0.717, 1.165) is 17.3 Å². The van der Waals surface area contributed by atoms with Crippen LogP contribution >= 0.6 is 15.9 Å². The summed E-state index contributed by atoms with van der Waals surface area (Å²) >= 11 is 3.23. The summed E-state index contributed by atoms with van der Waals surface area (Å²) in [5.74, 6) is 0.542. The van der Waals surface area contributed by atoms with Crippen LogP contribution in [-0.2, 0) is 5.60 Å². The number of nitrogens with zero attached hydrogens (tertiary/aromatic N) is 2. The second kappa shape index (κ2) is 2.25. The molecule has 1 N–H and O–H groups in total. The zero-order chi connectivity index (χ0) is 7.90. The molecule has 11 heavy (non-hydrogen) atoms. The molecule has 0 atom stereocenters. The molecule has 1 aromatic rings. The Kier molecular flexibility index (Phi) is 1.47. The Morgan fingerprint density at radius 1 is 1.36 bits per heavy atom. The highest BCUT2D eigenvalue weighted by Gasteiger charge is 2.44. The second-order valence-electron chi connectivity index (χ2n) is 2.76. The predicted molar refractivity (Wildman–Crippen MR) is 42.9 cm³/mol. The van der Waals surface area contributed by atoms with Gasteiger partial charge >= 0.3 is 0 Å². The van der Waals surface area contributed by atoms with Gasteiger partial charge in [0.05, 0.1) is 4.47 Å². The maximum absolute atomic E-state index is 9.55. The predicted octanol–water partition coefficient (Wildman–Crippen LogP) is 1.22. The van der Waals surface area contributed by atoms with Crippen LogP contribution in [0.4, 0.5) is 0 Å². The minimum absolute atomic E-state index is 0.542. The number of aliphatic hydroxyl groups is 1. The monoisotopic (exact) mass is 214 g/mol. The summed E-state index contributed by atoms with van der Waals surface area (Å²) in [6.07, 6.45) is 4.88. The number of rotatable bonds is 1. The van der Waals surface area contributed by atoms with Gasteiger partial charge in [0.2, 0.25) is 0 Å². The van der Waals surface area contributed by atoms with Crippen LogP contribution in [0, 0.1) is 0 Å². The maximum Gasteiger partial charge on any atom is 0.160 e. The molecule has 0 aliphatic heterocycles. The van der Waals surface area contributed by atoms with E-state index >= 15 is 0 Å². The van der Waals surface area contributed by atoms with Gasteiger partial charge < -0.3 is 5.11 Å². The second-order valence-corrected chi connectivity index (χ2v) is 3.67. The van der Waals surface area contributed by atoms with Crippen molar-refractivity contribution in [2.45, 2.75) is 18.4 Å². The van der Waals surface area contributed by atoms with Crippen LogP contribution < -0.4 is 0 Å². The molecular weight excluding hydrogens is 208 g/mol. The van der Waals surface area contributed by atoms with Crippen molar-refractivity contribution in [3.63, 3.8) is 0 Å². The topological polar surface area (TPSA) is 46.0 Å². The van der Waals surface area contributed by atoms with Crippen LogP contribution in [0.2, 0.25) is 0 Å². The third-order valence-corrected chi connectivity index (χ3v) is 2.17. The smallest absolute Gasteiger partial charge is 0.160 e.